The average molecular weight is 415 g/mol. The van der Waals surface area contributed by atoms with Crippen LogP contribution in [0.3, 0.4) is 0 Å². The van der Waals surface area contributed by atoms with E-state index in [1.165, 1.54) is 0 Å². The lowest BCUT2D eigenvalue weighted by Gasteiger charge is -2.13. The molecule has 0 radical (unpaired) electrons. The molecule has 2 aromatic rings. The molecule has 1 aromatic heterocycles. The summed E-state index contributed by atoms with van der Waals surface area (Å²) < 4.78 is 65.0. The standard InChI is InChI=1S/C13H7Cl2F3N2O4S/c14-10-2-1-9(11(15)19-10)25(23,24)20-8-4-6(12(21)22)3-7(5-8)13(16,17)18/h1-5,20H,(H,21,22). The molecule has 134 valence electrons. The van der Waals surface area contributed by atoms with Gasteiger partial charge in [0.1, 0.15) is 10.0 Å². The number of nitrogens with one attached hydrogen (secondary N) is 1. The van der Waals surface area contributed by atoms with Crippen molar-refractivity contribution in [2.45, 2.75) is 11.1 Å². The summed E-state index contributed by atoms with van der Waals surface area (Å²) in [5, 5.41) is 8.32. The van der Waals surface area contributed by atoms with Crippen molar-refractivity contribution in [1.29, 1.82) is 0 Å². The lowest BCUT2D eigenvalue weighted by Crippen LogP contribution is -2.16. The summed E-state index contributed by atoms with van der Waals surface area (Å²) in [6, 6.07) is 3.72. The Morgan fingerprint density at radius 1 is 1.16 bits per heavy atom. The van der Waals surface area contributed by atoms with Gasteiger partial charge in [-0.3, -0.25) is 4.72 Å². The molecule has 1 heterocycles. The van der Waals surface area contributed by atoms with Crippen LogP contribution in [0.5, 0.6) is 0 Å². The second-order valence-electron chi connectivity index (χ2n) is 4.63. The highest BCUT2D eigenvalue weighted by Crippen LogP contribution is 2.33. The van der Waals surface area contributed by atoms with E-state index in [2.05, 4.69) is 4.98 Å². The van der Waals surface area contributed by atoms with Gasteiger partial charge in [0, 0.05) is 0 Å². The quantitative estimate of drug-likeness (QED) is 0.739. The lowest BCUT2D eigenvalue weighted by atomic mass is 10.1. The molecule has 0 saturated heterocycles. The smallest absolute Gasteiger partial charge is 0.416 e. The van der Waals surface area contributed by atoms with E-state index in [4.69, 9.17) is 28.3 Å². The molecule has 0 spiro atoms. The van der Waals surface area contributed by atoms with E-state index in [-0.39, 0.29) is 5.15 Å². The van der Waals surface area contributed by atoms with Crippen LogP contribution < -0.4 is 4.72 Å². The highest BCUT2D eigenvalue weighted by atomic mass is 35.5. The van der Waals surface area contributed by atoms with E-state index >= 15 is 0 Å². The van der Waals surface area contributed by atoms with Gasteiger partial charge in [0.15, 0.2) is 5.15 Å². The molecule has 2 N–H and O–H groups in total. The zero-order valence-corrected chi connectivity index (χ0v) is 14.1. The van der Waals surface area contributed by atoms with E-state index in [0.717, 1.165) is 18.2 Å². The maximum absolute atomic E-state index is 12.9. The van der Waals surface area contributed by atoms with Crippen molar-refractivity contribution in [1.82, 2.24) is 4.98 Å². The van der Waals surface area contributed by atoms with E-state index in [1.54, 1.807) is 0 Å². The van der Waals surface area contributed by atoms with Crippen LogP contribution in [0.1, 0.15) is 15.9 Å². The predicted octanol–water partition coefficient (Wildman–Crippen LogP) is 3.91. The normalized spacial score (nSPS) is 12.0. The number of carbonyl (C=O) groups is 1. The summed E-state index contributed by atoms with van der Waals surface area (Å²) in [4.78, 5) is 14.0. The minimum absolute atomic E-state index is 0.0869. The molecule has 2 rings (SSSR count). The van der Waals surface area contributed by atoms with Crippen molar-refractivity contribution in [2.24, 2.45) is 0 Å². The molecule has 0 bridgehead atoms. The van der Waals surface area contributed by atoms with E-state index in [9.17, 15) is 26.4 Å². The maximum Gasteiger partial charge on any atom is 0.416 e. The third kappa shape index (κ3) is 4.53. The molecule has 0 aliphatic heterocycles. The Kier molecular flexibility index (Phi) is 5.17. The Morgan fingerprint density at radius 2 is 1.80 bits per heavy atom. The fourth-order valence-electron chi connectivity index (χ4n) is 1.78. The number of hydrogen-bond acceptors (Lipinski definition) is 4. The molecular formula is C13H7Cl2F3N2O4S. The van der Waals surface area contributed by atoms with Crippen molar-refractivity contribution >= 4 is 44.9 Å². The van der Waals surface area contributed by atoms with Gasteiger partial charge in [-0.25, -0.2) is 18.2 Å². The third-order valence-corrected chi connectivity index (χ3v) is 4.85. The highest BCUT2D eigenvalue weighted by molar-refractivity contribution is 7.92. The lowest BCUT2D eigenvalue weighted by molar-refractivity contribution is -0.137. The Hall–Kier alpha value is -2.04. The van der Waals surface area contributed by atoms with Crippen LogP contribution in [0, 0.1) is 0 Å². The van der Waals surface area contributed by atoms with Crippen molar-refractivity contribution in [3.8, 4) is 0 Å². The molecule has 25 heavy (non-hydrogen) atoms. The van der Waals surface area contributed by atoms with Crippen LogP contribution in [-0.4, -0.2) is 24.5 Å². The average Bonchev–Trinajstić information content (AvgIpc) is 2.44. The van der Waals surface area contributed by atoms with Gasteiger partial charge in [0.2, 0.25) is 0 Å². The van der Waals surface area contributed by atoms with Gasteiger partial charge in [-0.05, 0) is 30.3 Å². The number of halogens is 5. The van der Waals surface area contributed by atoms with Gasteiger partial charge in [-0.1, -0.05) is 23.2 Å². The predicted molar refractivity (Wildman–Crippen MR) is 83.5 cm³/mol. The fraction of sp³-hybridized carbons (Fsp3) is 0.0769. The number of hydrogen-bond donors (Lipinski definition) is 2. The minimum atomic E-state index is -4.87. The van der Waals surface area contributed by atoms with Gasteiger partial charge in [0.05, 0.1) is 16.8 Å². The molecule has 0 aliphatic rings. The molecule has 0 unspecified atom stereocenters. The fourth-order valence-corrected chi connectivity index (χ4v) is 3.49. The molecule has 1 aromatic carbocycles. The number of pyridine rings is 1. The summed E-state index contributed by atoms with van der Waals surface area (Å²) in [7, 11) is -4.43. The van der Waals surface area contributed by atoms with Crippen LogP contribution in [-0.2, 0) is 16.2 Å². The van der Waals surface area contributed by atoms with Crippen LogP contribution >= 0.6 is 23.2 Å². The number of aromatic nitrogens is 1. The molecule has 12 heteroatoms. The SMILES string of the molecule is O=C(O)c1cc(NS(=O)(=O)c2ccc(Cl)nc2Cl)cc(C(F)(F)F)c1. The third-order valence-electron chi connectivity index (χ3n) is 2.83. The number of rotatable bonds is 4. The van der Waals surface area contributed by atoms with Crippen LogP contribution in [0.25, 0.3) is 0 Å². The van der Waals surface area contributed by atoms with E-state index < -0.39 is 49.0 Å². The number of alkyl halides is 3. The number of aromatic carboxylic acids is 1. The van der Waals surface area contributed by atoms with Crippen molar-refractivity contribution < 1.29 is 31.5 Å². The molecule has 0 amide bonds. The first-order valence-electron chi connectivity index (χ1n) is 6.20. The Labute approximate surface area is 149 Å². The van der Waals surface area contributed by atoms with Gasteiger partial charge < -0.3 is 5.11 Å². The molecule has 0 saturated carbocycles. The maximum atomic E-state index is 12.9. The number of nitrogens with zero attached hydrogens (tertiary/aromatic N) is 1. The minimum Gasteiger partial charge on any atom is -0.478 e. The Morgan fingerprint density at radius 3 is 2.32 bits per heavy atom. The summed E-state index contributed by atoms with van der Waals surface area (Å²) >= 11 is 11.2. The van der Waals surface area contributed by atoms with Gasteiger partial charge in [-0.15, -0.1) is 0 Å². The summed E-state index contributed by atoms with van der Waals surface area (Å²) in [5.41, 5.74) is -2.67. The first kappa shape index (κ1) is 19.3. The van der Waals surface area contributed by atoms with E-state index in [0.29, 0.717) is 12.1 Å². The van der Waals surface area contributed by atoms with Crippen molar-refractivity contribution in [2.75, 3.05) is 4.72 Å². The molecule has 0 aliphatic carbocycles. The van der Waals surface area contributed by atoms with Gasteiger partial charge in [0.25, 0.3) is 10.0 Å². The summed E-state index contributed by atoms with van der Waals surface area (Å²) in [5.74, 6) is -1.65. The number of carboxylic acid groups (broad SMARTS) is 1. The zero-order chi connectivity index (χ0) is 19.0. The molecule has 0 atom stereocenters. The highest BCUT2D eigenvalue weighted by Gasteiger charge is 2.32. The second kappa shape index (κ2) is 6.70. The molecule has 0 fully saturated rings. The van der Waals surface area contributed by atoms with E-state index in [1.807, 2.05) is 4.72 Å². The first-order chi connectivity index (χ1) is 11.4. The Balaban J connectivity index is 2.51. The van der Waals surface area contributed by atoms with Gasteiger partial charge >= 0.3 is 12.1 Å². The van der Waals surface area contributed by atoms with Crippen LogP contribution in [0.15, 0.2) is 35.2 Å². The second-order valence-corrected chi connectivity index (χ2v) is 7.03. The zero-order valence-electron chi connectivity index (χ0n) is 11.8. The molecule has 6 nitrogen and oxygen atoms in total. The largest absolute Gasteiger partial charge is 0.478 e. The van der Waals surface area contributed by atoms with Crippen LogP contribution in [0.4, 0.5) is 18.9 Å². The van der Waals surface area contributed by atoms with Gasteiger partial charge in [-0.2, -0.15) is 13.2 Å². The van der Waals surface area contributed by atoms with Crippen molar-refractivity contribution in [3.05, 3.63) is 51.8 Å². The number of benzene rings is 1. The summed E-state index contributed by atoms with van der Waals surface area (Å²) in [6.07, 6.45) is -4.87. The summed E-state index contributed by atoms with van der Waals surface area (Å²) in [6.45, 7) is 0. The molecular weight excluding hydrogens is 408 g/mol. The number of anilines is 1. The topological polar surface area (TPSA) is 96.4 Å². The monoisotopic (exact) mass is 414 g/mol. The number of sulfonamides is 1. The van der Waals surface area contributed by atoms with Crippen molar-refractivity contribution in [3.63, 3.8) is 0 Å². The first-order valence-corrected chi connectivity index (χ1v) is 8.44. The number of carboxylic acids is 1. The Bertz CT molecular complexity index is 949. The van der Waals surface area contributed by atoms with Crippen LogP contribution in [0.2, 0.25) is 10.3 Å².